The number of hydrogen-bond donors (Lipinski definition) is 1. The van der Waals surface area contributed by atoms with Crippen LogP contribution in [0.4, 0.5) is 0 Å². The minimum Gasteiger partial charge on any atom is -0.390 e. The molecule has 0 aliphatic heterocycles. The average molecular weight is 176 g/mol. The Morgan fingerprint density at radius 1 is 1.46 bits per heavy atom. The molecule has 1 aromatic heterocycles. The minimum atomic E-state index is 0.000398. The van der Waals surface area contributed by atoms with Crippen LogP contribution in [-0.2, 0) is 13.7 Å². The summed E-state index contributed by atoms with van der Waals surface area (Å²) in [6.45, 7) is 2.05. The van der Waals surface area contributed by atoms with E-state index >= 15 is 0 Å². The van der Waals surface area contributed by atoms with Crippen LogP contribution in [0, 0.1) is 6.92 Å². The number of rotatable bonds is 1. The summed E-state index contributed by atoms with van der Waals surface area (Å²) in [5.74, 6) is 0. The molecule has 0 fully saturated rings. The van der Waals surface area contributed by atoms with E-state index in [1.807, 2.05) is 26.1 Å². The largest absolute Gasteiger partial charge is 0.390 e. The molecule has 0 spiro atoms. The zero-order chi connectivity index (χ0) is 9.42. The second-order valence-electron chi connectivity index (χ2n) is 3.25. The van der Waals surface area contributed by atoms with Crippen LogP contribution in [0.25, 0.3) is 10.9 Å². The number of aromatic nitrogens is 2. The van der Waals surface area contributed by atoms with Crippen molar-refractivity contribution in [3.63, 3.8) is 0 Å². The van der Waals surface area contributed by atoms with Crippen molar-refractivity contribution in [1.29, 1.82) is 0 Å². The fourth-order valence-corrected chi connectivity index (χ4v) is 1.56. The highest BCUT2D eigenvalue weighted by molar-refractivity contribution is 5.82. The quantitative estimate of drug-likeness (QED) is 0.712. The third-order valence-electron chi connectivity index (χ3n) is 2.23. The number of nitrogens with zero attached hydrogens (tertiary/aromatic N) is 2. The van der Waals surface area contributed by atoms with Gasteiger partial charge < -0.3 is 5.11 Å². The Bertz CT molecular complexity index is 445. The van der Waals surface area contributed by atoms with E-state index in [9.17, 15) is 0 Å². The zero-order valence-electron chi connectivity index (χ0n) is 7.78. The van der Waals surface area contributed by atoms with Crippen LogP contribution >= 0.6 is 0 Å². The predicted molar refractivity (Wildman–Crippen MR) is 51.4 cm³/mol. The molecule has 2 aromatic rings. The van der Waals surface area contributed by atoms with Crippen LogP contribution in [0.3, 0.4) is 0 Å². The van der Waals surface area contributed by atoms with Gasteiger partial charge in [0.25, 0.3) is 0 Å². The van der Waals surface area contributed by atoms with Gasteiger partial charge >= 0.3 is 0 Å². The molecule has 0 radical (unpaired) electrons. The summed E-state index contributed by atoms with van der Waals surface area (Å²) in [4.78, 5) is 0. The maximum atomic E-state index is 9.04. The standard InChI is InChI=1S/C10H12N2O/c1-7-3-4-8-9(6-13)11-12(2)10(8)5-7/h3-5,13H,6H2,1-2H3. The first-order chi connectivity index (χ1) is 6.22. The van der Waals surface area contributed by atoms with Crippen molar-refractivity contribution in [2.75, 3.05) is 0 Å². The Kier molecular flexibility index (Phi) is 1.81. The summed E-state index contributed by atoms with van der Waals surface area (Å²) in [6.07, 6.45) is 0. The lowest BCUT2D eigenvalue weighted by molar-refractivity contribution is 0.277. The smallest absolute Gasteiger partial charge is 0.0957 e. The van der Waals surface area contributed by atoms with Crippen molar-refractivity contribution >= 4 is 10.9 Å². The highest BCUT2D eigenvalue weighted by atomic mass is 16.3. The van der Waals surface area contributed by atoms with Crippen LogP contribution in [0.2, 0.25) is 0 Å². The molecule has 1 heterocycles. The van der Waals surface area contributed by atoms with Crippen LogP contribution in [0.1, 0.15) is 11.3 Å². The highest BCUT2D eigenvalue weighted by Gasteiger charge is 2.06. The van der Waals surface area contributed by atoms with Crippen molar-refractivity contribution in [2.24, 2.45) is 7.05 Å². The first kappa shape index (κ1) is 8.26. The summed E-state index contributed by atoms with van der Waals surface area (Å²) in [5.41, 5.74) is 3.03. The molecule has 0 atom stereocenters. The average Bonchev–Trinajstić information content (AvgIpc) is 2.43. The number of fused-ring (bicyclic) bond motifs is 1. The Balaban J connectivity index is 2.80. The van der Waals surface area contributed by atoms with Gasteiger partial charge in [0.1, 0.15) is 0 Å². The van der Waals surface area contributed by atoms with E-state index in [1.54, 1.807) is 4.68 Å². The molecule has 3 nitrogen and oxygen atoms in total. The Hall–Kier alpha value is -1.35. The molecular weight excluding hydrogens is 164 g/mol. The van der Waals surface area contributed by atoms with E-state index in [1.165, 1.54) is 5.56 Å². The second-order valence-corrected chi connectivity index (χ2v) is 3.25. The van der Waals surface area contributed by atoms with Crippen LogP contribution in [0.5, 0.6) is 0 Å². The van der Waals surface area contributed by atoms with Gasteiger partial charge in [0, 0.05) is 12.4 Å². The molecule has 2 rings (SSSR count). The van der Waals surface area contributed by atoms with Crippen molar-refractivity contribution in [3.05, 3.63) is 29.5 Å². The van der Waals surface area contributed by atoms with Crippen molar-refractivity contribution in [1.82, 2.24) is 9.78 Å². The zero-order valence-corrected chi connectivity index (χ0v) is 7.78. The van der Waals surface area contributed by atoms with Gasteiger partial charge in [-0.1, -0.05) is 12.1 Å². The van der Waals surface area contributed by atoms with Gasteiger partial charge in [0.2, 0.25) is 0 Å². The lowest BCUT2D eigenvalue weighted by atomic mass is 10.1. The van der Waals surface area contributed by atoms with Gasteiger partial charge in [-0.2, -0.15) is 5.10 Å². The number of aliphatic hydroxyl groups is 1. The molecule has 0 aliphatic carbocycles. The van der Waals surface area contributed by atoms with Gasteiger partial charge in [-0.3, -0.25) is 4.68 Å². The van der Waals surface area contributed by atoms with E-state index < -0.39 is 0 Å². The topological polar surface area (TPSA) is 38.1 Å². The number of benzene rings is 1. The molecule has 0 amide bonds. The molecule has 0 unspecified atom stereocenters. The lowest BCUT2D eigenvalue weighted by Gasteiger charge is -1.95. The van der Waals surface area contributed by atoms with E-state index in [2.05, 4.69) is 11.2 Å². The fraction of sp³-hybridized carbons (Fsp3) is 0.300. The SMILES string of the molecule is Cc1ccc2c(CO)nn(C)c2c1. The third-order valence-corrected chi connectivity index (χ3v) is 2.23. The van der Waals surface area contributed by atoms with Crippen LogP contribution in [0.15, 0.2) is 18.2 Å². The van der Waals surface area contributed by atoms with Crippen molar-refractivity contribution < 1.29 is 5.11 Å². The molecule has 0 bridgehead atoms. The summed E-state index contributed by atoms with van der Waals surface area (Å²) in [7, 11) is 1.89. The number of hydrogen-bond acceptors (Lipinski definition) is 2. The van der Waals surface area contributed by atoms with Crippen LogP contribution in [-0.4, -0.2) is 14.9 Å². The first-order valence-electron chi connectivity index (χ1n) is 4.25. The molecule has 1 aromatic carbocycles. The second kappa shape index (κ2) is 2.85. The van der Waals surface area contributed by atoms with Gasteiger partial charge in [0.05, 0.1) is 17.8 Å². The molecular formula is C10H12N2O. The minimum absolute atomic E-state index is 0.000398. The van der Waals surface area contributed by atoms with Gasteiger partial charge in [-0.15, -0.1) is 0 Å². The van der Waals surface area contributed by atoms with E-state index in [-0.39, 0.29) is 6.61 Å². The van der Waals surface area contributed by atoms with Crippen molar-refractivity contribution in [3.8, 4) is 0 Å². The van der Waals surface area contributed by atoms with Gasteiger partial charge in [0.15, 0.2) is 0 Å². The fourth-order valence-electron chi connectivity index (χ4n) is 1.56. The molecule has 0 saturated carbocycles. The normalized spacial score (nSPS) is 11.0. The molecule has 0 saturated heterocycles. The highest BCUT2D eigenvalue weighted by Crippen LogP contribution is 2.18. The molecule has 68 valence electrons. The summed E-state index contributed by atoms with van der Waals surface area (Å²) < 4.78 is 1.80. The lowest BCUT2D eigenvalue weighted by Crippen LogP contribution is -1.91. The molecule has 13 heavy (non-hydrogen) atoms. The van der Waals surface area contributed by atoms with E-state index in [4.69, 9.17) is 5.11 Å². The predicted octanol–water partition coefficient (Wildman–Crippen LogP) is 1.37. The number of aliphatic hydroxyl groups excluding tert-OH is 1. The first-order valence-corrected chi connectivity index (χ1v) is 4.25. The Morgan fingerprint density at radius 2 is 2.23 bits per heavy atom. The molecule has 1 N–H and O–H groups in total. The summed E-state index contributed by atoms with van der Waals surface area (Å²) >= 11 is 0. The van der Waals surface area contributed by atoms with E-state index in [0.717, 1.165) is 16.6 Å². The van der Waals surface area contributed by atoms with E-state index in [0.29, 0.717) is 0 Å². The maximum absolute atomic E-state index is 9.04. The maximum Gasteiger partial charge on any atom is 0.0957 e. The summed E-state index contributed by atoms with van der Waals surface area (Å²) in [5, 5.41) is 14.3. The monoisotopic (exact) mass is 176 g/mol. The third kappa shape index (κ3) is 1.21. The molecule has 3 heteroatoms. The number of aryl methyl sites for hydroxylation is 2. The van der Waals surface area contributed by atoms with Crippen molar-refractivity contribution in [2.45, 2.75) is 13.5 Å². The Labute approximate surface area is 76.6 Å². The summed E-state index contributed by atoms with van der Waals surface area (Å²) in [6, 6.07) is 6.11. The van der Waals surface area contributed by atoms with Gasteiger partial charge in [-0.25, -0.2) is 0 Å². The van der Waals surface area contributed by atoms with Gasteiger partial charge in [-0.05, 0) is 18.6 Å². The molecule has 0 aliphatic rings. The Morgan fingerprint density at radius 3 is 2.92 bits per heavy atom. The van der Waals surface area contributed by atoms with Crippen LogP contribution < -0.4 is 0 Å².